The summed E-state index contributed by atoms with van der Waals surface area (Å²) in [5.74, 6) is 1.91. The van der Waals surface area contributed by atoms with Gasteiger partial charge in [0.25, 0.3) is 0 Å². The van der Waals surface area contributed by atoms with Crippen LogP contribution in [0.3, 0.4) is 0 Å². The number of hydrogen-bond acceptors (Lipinski definition) is 3. The van der Waals surface area contributed by atoms with Crippen molar-refractivity contribution in [3.8, 4) is 0 Å². The lowest BCUT2D eigenvalue weighted by Gasteiger charge is -2.03. The minimum absolute atomic E-state index is 0.110. The first kappa shape index (κ1) is 13.4. The second-order valence-electron chi connectivity index (χ2n) is 5.10. The van der Waals surface area contributed by atoms with Gasteiger partial charge in [-0.1, -0.05) is 6.92 Å². The molecule has 102 valence electrons. The molecule has 0 spiro atoms. The minimum atomic E-state index is -2.99. The molecule has 5 heteroatoms. The smallest absolute Gasteiger partial charge is 0.154 e. The second-order valence-corrected chi connectivity index (χ2v) is 8.61. The second kappa shape index (κ2) is 4.77. The van der Waals surface area contributed by atoms with Gasteiger partial charge in [-0.2, -0.15) is 0 Å². The molecule has 0 N–H and O–H groups in total. The molecule has 0 unspecified atom stereocenters. The van der Waals surface area contributed by atoms with E-state index in [1.54, 1.807) is 6.92 Å². The van der Waals surface area contributed by atoms with Crippen LogP contribution in [-0.4, -0.2) is 14.2 Å². The van der Waals surface area contributed by atoms with Crippen molar-refractivity contribution in [2.75, 3.05) is 5.75 Å². The van der Waals surface area contributed by atoms with Gasteiger partial charge < -0.3 is 4.42 Å². The molecule has 0 amide bonds. The third-order valence-electron chi connectivity index (χ3n) is 3.46. The lowest BCUT2D eigenvalue weighted by molar-refractivity contribution is 0.551. The fraction of sp³-hybridized carbons (Fsp3) is 0.429. The Hall–Kier alpha value is -0.560. The van der Waals surface area contributed by atoms with Crippen LogP contribution in [0.4, 0.5) is 0 Å². The molecule has 1 aliphatic carbocycles. The van der Waals surface area contributed by atoms with E-state index < -0.39 is 9.84 Å². The van der Waals surface area contributed by atoms with Crippen molar-refractivity contribution in [2.24, 2.45) is 0 Å². The van der Waals surface area contributed by atoms with E-state index in [1.165, 1.54) is 12.8 Å². The van der Waals surface area contributed by atoms with E-state index in [2.05, 4.69) is 28.7 Å². The Balaban J connectivity index is 2.03. The molecule has 0 aliphatic heterocycles. The predicted molar refractivity (Wildman–Crippen MR) is 84.1 cm³/mol. The number of halogens is 1. The Bertz CT molecular complexity index is 726. The van der Waals surface area contributed by atoms with Crippen LogP contribution in [-0.2, 0) is 15.6 Å². The third kappa shape index (κ3) is 2.81. The van der Waals surface area contributed by atoms with Gasteiger partial charge in [0.1, 0.15) is 11.3 Å². The zero-order valence-electron chi connectivity index (χ0n) is 10.6. The quantitative estimate of drug-likeness (QED) is 0.746. The van der Waals surface area contributed by atoms with Gasteiger partial charge in [0, 0.05) is 17.1 Å². The van der Waals surface area contributed by atoms with Crippen LogP contribution < -0.4 is 0 Å². The standard InChI is InChI=1S/C14H15IO3S/c1-2-19(16,17)8-9-5-11-7-13(10-3-4-10)18-14(11)12(15)6-9/h5-7,10H,2-4,8H2,1H3. The number of fused-ring (bicyclic) bond motifs is 1. The van der Waals surface area contributed by atoms with Crippen molar-refractivity contribution >= 4 is 43.4 Å². The Morgan fingerprint density at radius 3 is 2.68 bits per heavy atom. The number of sulfone groups is 1. The first-order chi connectivity index (χ1) is 8.98. The van der Waals surface area contributed by atoms with Gasteiger partial charge in [0.15, 0.2) is 9.84 Å². The van der Waals surface area contributed by atoms with E-state index in [0.29, 0.717) is 5.92 Å². The highest BCUT2D eigenvalue weighted by Gasteiger charge is 2.27. The van der Waals surface area contributed by atoms with E-state index in [9.17, 15) is 8.42 Å². The van der Waals surface area contributed by atoms with Crippen molar-refractivity contribution in [1.82, 2.24) is 0 Å². The topological polar surface area (TPSA) is 47.3 Å². The zero-order chi connectivity index (χ0) is 13.6. The maximum atomic E-state index is 11.7. The van der Waals surface area contributed by atoms with Gasteiger partial charge in [-0.05, 0) is 59.2 Å². The molecule has 3 nitrogen and oxygen atoms in total. The maximum Gasteiger partial charge on any atom is 0.154 e. The summed E-state index contributed by atoms with van der Waals surface area (Å²) in [6.45, 7) is 1.68. The van der Waals surface area contributed by atoms with Crippen LogP contribution in [0.2, 0.25) is 0 Å². The Morgan fingerprint density at radius 2 is 2.05 bits per heavy atom. The summed E-state index contributed by atoms with van der Waals surface area (Å²) in [5, 5.41) is 1.02. The fourth-order valence-corrected chi connectivity index (χ4v) is 3.90. The van der Waals surface area contributed by atoms with Gasteiger partial charge in [0.05, 0.1) is 9.32 Å². The van der Waals surface area contributed by atoms with Crippen LogP contribution in [0.1, 0.15) is 37.0 Å². The number of rotatable bonds is 4. The molecule has 1 heterocycles. The van der Waals surface area contributed by atoms with E-state index in [-0.39, 0.29) is 11.5 Å². The molecular weight excluding hydrogens is 375 g/mol. The largest absolute Gasteiger partial charge is 0.460 e. The Labute approximate surface area is 126 Å². The molecule has 1 aliphatic rings. The van der Waals surface area contributed by atoms with E-state index >= 15 is 0 Å². The molecule has 3 rings (SSSR count). The van der Waals surface area contributed by atoms with Crippen molar-refractivity contribution in [1.29, 1.82) is 0 Å². The summed E-state index contributed by atoms with van der Waals surface area (Å²) in [5.41, 5.74) is 1.74. The monoisotopic (exact) mass is 390 g/mol. The van der Waals surface area contributed by atoms with Crippen LogP contribution in [0.5, 0.6) is 0 Å². The van der Waals surface area contributed by atoms with Gasteiger partial charge in [-0.3, -0.25) is 0 Å². The van der Waals surface area contributed by atoms with E-state index in [0.717, 1.165) is 25.9 Å². The molecule has 2 aromatic rings. The lowest BCUT2D eigenvalue weighted by atomic mass is 10.2. The summed E-state index contributed by atoms with van der Waals surface area (Å²) in [6.07, 6.45) is 2.40. The van der Waals surface area contributed by atoms with Gasteiger partial charge in [-0.25, -0.2) is 8.42 Å². The molecule has 1 aromatic carbocycles. The van der Waals surface area contributed by atoms with Crippen molar-refractivity contribution < 1.29 is 12.8 Å². The molecule has 19 heavy (non-hydrogen) atoms. The van der Waals surface area contributed by atoms with Crippen molar-refractivity contribution in [2.45, 2.75) is 31.4 Å². The molecule has 0 radical (unpaired) electrons. The van der Waals surface area contributed by atoms with Gasteiger partial charge in [-0.15, -0.1) is 0 Å². The average Bonchev–Trinajstić information content (AvgIpc) is 3.09. The fourth-order valence-electron chi connectivity index (χ4n) is 2.20. The van der Waals surface area contributed by atoms with E-state index in [1.807, 2.05) is 12.1 Å². The highest BCUT2D eigenvalue weighted by Crippen LogP contribution is 2.43. The van der Waals surface area contributed by atoms with Crippen LogP contribution in [0.15, 0.2) is 22.6 Å². The third-order valence-corrected chi connectivity index (χ3v) is 5.91. The van der Waals surface area contributed by atoms with Crippen LogP contribution in [0.25, 0.3) is 11.0 Å². The lowest BCUT2D eigenvalue weighted by Crippen LogP contribution is -2.06. The maximum absolute atomic E-state index is 11.7. The summed E-state index contributed by atoms with van der Waals surface area (Å²) < 4.78 is 30.3. The summed E-state index contributed by atoms with van der Waals surface area (Å²) in [6, 6.07) is 5.92. The molecule has 0 atom stereocenters. The van der Waals surface area contributed by atoms with Gasteiger partial charge >= 0.3 is 0 Å². The molecule has 1 aromatic heterocycles. The highest BCUT2D eigenvalue weighted by molar-refractivity contribution is 14.1. The van der Waals surface area contributed by atoms with Crippen LogP contribution >= 0.6 is 22.6 Å². The normalized spacial score (nSPS) is 16.1. The minimum Gasteiger partial charge on any atom is -0.460 e. The van der Waals surface area contributed by atoms with Crippen LogP contribution in [0, 0.1) is 3.57 Å². The predicted octanol–water partition coefficient (Wildman–Crippen LogP) is 3.85. The average molecular weight is 390 g/mol. The van der Waals surface area contributed by atoms with Gasteiger partial charge in [0.2, 0.25) is 0 Å². The Morgan fingerprint density at radius 1 is 1.32 bits per heavy atom. The van der Waals surface area contributed by atoms with Crippen molar-refractivity contribution in [3.63, 3.8) is 0 Å². The first-order valence-electron chi connectivity index (χ1n) is 6.41. The summed E-state index contributed by atoms with van der Waals surface area (Å²) in [4.78, 5) is 0. The number of hydrogen-bond donors (Lipinski definition) is 0. The SMILES string of the molecule is CCS(=O)(=O)Cc1cc(I)c2oc(C3CC3)cc2c1. The zero-order valence-corrected chi connectivity index (χ0v) is 13.6. The molecule has 0 bridgehead atoms. The van der Waals surface area contributed by atoms with E-state index in [4.69, 9.17) is 4.42 Å². The highest BCUT2D eigenvalue weighted by atomic mass is 127. The first-order valence-corrected chi connectivity index (χ1v) is 9.31. The molecular formula is C14H15IO3S. The Kier molecular flexibility index (Phi) is 3.37. The van der Waals surface area contributed by atoms with Crippen molar-refractivity contribution in [3.05, 3.63) is 33.1 Å². The molecule has 0 saturated heterocycles. The summed E-state index contributed by atoms with van der Waals surface area (Å²) >= 11 is 2.22. The number of benzene rings is 1. The molecule has 1 fully saturated rings. The molecule has 1 saturated carbocycles. The number of furan rings is 1. The summed E-state index contributed by atoms with van der Waals surface area (Å²) in [7, 11) is -2.99.